The van der Waals surface area contributed by atoms with E-state index in [0.717, 1.165) is 18.8 Å². The summed E-state index contributed by atoms with van der Waals surface area (Å²) in [5.41, 5.74) is 0.966. The topological polar surface area (TPSA) is 43.4 Å². The van der Waals surface area contributed by atoms with Crippen molar-refractivity contribution in [2.24, 2.45) is 0 Å². The Labute approximate surface area is 96.0 Å². The molecular weight excluding hydrogens is 204 g/mol. The molecule has 1 aromatic rings. The van der Waals surface area contributed by atoms with Crippen molar-refractivity contribution in [2.75, 3.05) is 19.7 Å². The van der Waals surface area contributed by atoms with E-state index in [2.05, 4.69) is 17.2 Å². The van der Waals surface area contributed by atoms with Gasteiger partial charge in [-0.05, 0) is 19.9 Å². The molecule has 1 saturated heterocycles. The minimum atomic E-state index is 0.117. The maximum Gasteiger partial charge on any atom is 0.213 e. The van der Waals surface area contributed by atoms with E-state index in [9.17, 15) is 0 Å². The first-order valence-electron chi connectivity index (χ1n) is 5.66. The number of aryl methyl sites for hydroxylation is 1. The molecule has 0 bridgehead atoms. The third kappa shape index (κ3) is 3.18. The van der Waals surface area contributed by atoms with Gasteiger partial charge in [0.2, 0.25) is 5.88 Å². The number of pyridine rings is 1. The van der Waals surface area contributed by atoms with Gasteiger partial charge in [0.1, 0.15) is 12.7 Å². The summed E-state index contributed by atoms with van der Waals surface area (Å²) in [6.07, 6.45) is 0.374. The largest absolute Gasteiger partial charge is 0.475 e. The van der Waals surface area contributed by atoms with Crippen LogP contribution in [-0.2, 0) is 4.74 Å². The molecule has 16 heavy (non-hydrogen) atoms. The molecule has 0 amide bonds. The molecule has 0 spiro atoms. The lowest BCUT2D eigenvalue weighted by molar-refractivity contribution is -0.0476. The molecule has 2 atom stereocenters. The van der Waals surface area contributed by atoms with Crippen molar-refractivity contribution in [3.8, 4) is 5.88 Å². The van der Waals surface area contributed by atoms with E-state index in [-0.39, 0.29) is 12.2 Å². The number of hydrogen-bond acceptors (Lipinski definition) is 4. The summed E-state index contributed by atoms with van der Waals surface area (Å²) < 4.78 is 11.3. The first kappa shape index (κ1) is 11.4. The highest BCUT2D eigenvalue weighted by atomic mass is 16.5. The molecular formula is C12H18N2O2. The van der Waals surface area contributed by atoms with Crippen molar-refractivity contribution in [1.29, 1.82) is 0 Å². The van der Waals surface area contributed by atoms with Crippen molar-refractivity contribution in [1.82, 2.24) is 10.3 Å². The summed E-state index contributed by atoms with van der Waals surface area (Å²) in [4.78, 5) is 4.28. The highest BCUT2D eigenvalue weighted by Gasteiger charge is 2.19. The Bertz CT molecular complexity index is 344. The van der Waals surface area contributed by atoms with Gasteiger partial charge in [0.05, 0.1) is 6.10 Å². The molecule has 2 unspecified atom stereocenters. The van der Waals surface area contributed by atoms with Crippen LogP contribution in [0.25, 0.3) is 0 Å². The molecule has 1 aliphatic rings. The van der Waals surface area contributed by atoms with E-state index >= 15 is 0 Å². The summed E-state index contributed by atoms with van der Waals surface area (Å²) in [6.45, 7) is 6.32. The second kappa shape index (κ2) is 5.27. The average Bonchev–Trinajstić information content (AvgIpc) is 2.27. The van der Waals surface area contributed by atoms with E-state index in [4.69, 9.17) is 9.47 Å². The number of nitrogens with zero attached hydrogens (tertiary/aromatic N) is 1. The monoisotopic (exact) mass is 222 g/mol. The Morgan fingerprint density at radius 3 is 3.12 bits per heavy atom. The van der Waals surface area contributed by atoms with Gasteiger partial charge in [-0.1, -0.05) is 6.07 Å². The van der Waals surface area contributed by atoms with Crippen LogP contribution in [0, 0.1) is 6.92 Å². The zero-order chi connectivity index (χ0) is 11.4. The third-order valence-electron chi connectivity index (χ3n) is 2.51. The van der Waals surface area contributed by atoms with Gasteiger partial charge < -0.3 is 14.8 Å². The number of aromatic nitrogens is 1. The molecule has 0 aromatic carbocycles. The lowest BCUT2D eigenvalue weighted by atomic mass is 10.2. The predicted molar refractivity (Wildman–Crippen MR) is 61.7 cm³/mol. The van der Waals surface area contributed by atoms with E-state index in [1.807, 2.05) is 25.1 Å². The van der Waals surface area contributed by atoms with Gasteiger partial charge in [0, 0.05) is 24.8 Å². The molecule has 88 valence electrons. The van der Waals surface area contributed by atoms with Crippen molar-refractivity contribution < 1.29 is 9.47 Å². The van der Waals surface area contributed by atoms with Crippen molar-refractivity contribution in [2.45, 2.75) is 26.1 Å². The molecule has 0 radical (unpaired) electrons. The van der Waals surface area contributed by atoms with Gasteiger partial charge in [-0.15, -0.1) is 0 Å². The number of ether oxygens (including phenoxy) is 2. The van der Waals surface area contributed by atoms with Gasteiger partial charge in [0.15, 0.2) is 0 Å². The zero-order valence-corrected chi connectivity index (χ0v) is 9.77. The SMILES string of the molecule is Cc1cccc(OCC2CNCC(C)O2)n1. The van der Waals surface area contributed by atoms with Crippen LogP contribution in [-0.4, -0.2) is 36.9 Å². The van der Waals surface area contributed by atoms with Crippen LogP contribution in [0.4, 0.5) is 0 Å². The fourth-order valence-electron chi connectivity index (χ4n) is 1.75. The fraction of sp³-hybridized carbons (Fsp3) is 0.583. The average molecular weight is 222 g/mol. The maximum absolute atomic E-state index is 5.72. The summed E-state index contributed by atoms with van der Waals surface area (Å²) in [6, 6.07) is 5.76. The summed E-state index contributed by atoms with van der Waals surface area (Å²) in [5.74, 6) is 0.668. The lowest BCUT2D eigenvalue weighted by Gasteiger charge is -2.28. The van der Waals surface area contributed by atoms with Crippen LogP contribution < -0.4 is 10.1 Å². The molecule has 1 aromatic heterocycles. The smallest absolute Gasteiger partial charge is 0.213 e. The second-order valence-corrected chi connectivity index (χ2v) is 4.16. The molecule has 0 saturated carbocycles. The van der Waals surface area contributed by atoms with Gasteiger partial charge in [0.25, 0.3) is 0 Å². The molecule has 4 nitrogen and oxygen atoms in total. The Morgan fingerprint density at radius 2 is 2.38 bits per heavy atom. The Balaban J connectivity index is 1.82. The number of rotatable bonds is 3. The second-order valence-electron chi connectivity index (χ2n) is 4.16. The van der Waals surface area contributed by atoms with Crippen molar-refractivity contribution in [3.63, 3.8) is 0 Å². The van der Waals surface area contributed by atoms with Crippen LogP contribution >= 0.6 is 0 Å². The van der Waals surface area contributed by atoms with Gasteiger partial charge >= 0.3 is 0 Å². The standard InChI is InChI=1S/C12H18N2O2/c1-9-4-3-5-12(14-9)15-8-11-7-13-6-10(2)16-11/h3-5,10-11,13H,6-8H2,1-2H3. The van der Waals surface area contributed by atoms with E-state index in [0.29, 0.717) is 12.5 Å². The van der Waals surface area contributed by atoms with E-state index < -0.39 is 0 Å². The van der Waals surface area contributed by atoms with Crippen LogP contribution in [0.15, 0.2) is 18.2 Å². The summed E-state index contributed by atoms with van der Waals surface area (Å²) >= 11 is 0. The normalized spacial score (nSPS) is 25.4. The van der Waals surface area contributed by atoms with Crippen LogP contribution in [0.1, 0.15) is 12.6 Å². The Morgan fingerprint density at radius 1 is 1.50 bits per heavy atom. The zero-order valence-electron chi connectivity index (χ0n) is 9.77. The predicted octanol–water partition coefficient (Wildman–Crippen LogP) is 1.15. The number of morpholine rings is 1. The highest BCUT2D eigenvalue weighted by Crippen LogP contribution is 2.09. The summed E-state index contributed by atoms with van der Waals surface area (Å²) in [5, 5.41) is 3.31. The van der Waals surface area contributed by atoms with Crippen molar-refractivity contribution in [3.05, 3.63) is 23.9 Å². The quantitative estimate of drug-likeness (QED) is 0.833. The third-order valence-corrected chi connectivity index (χ3v) is 2.51. The molecule has 2 heterocycles. The fourth-order valence-corrected chi connectivity index (χ4v) is 1.75. The van der Waals surface area contributed by atoms with E-state index in [1.165, 1.54) is 0 Å². The lowest BCUT2D eigenvalue weighted by Crippen LogP contribution is -2.45. The highest BCUT2D eigenvalue weighted by molar-refractivity contribution is 5.14. The molecule has 2 rings (SSSR count). The minimum absolute atomic E-state index is 0.117. The van der Waals surface area contributed by atoms with Crippen LogP contribution in [0.2, 0.25) is 0 Å². The first-order chi connectivity index (χ1) is 7.74. The molecule has 4 heteroatoms. The van der Waals surface area contributed by atoms with E-state index in [1.54, 1.807) is 0 Å². The number of hydrogen-bond donors (Lipinski definition) is 1. The first-order valence-corrected chi connectivity index (χ1v) is 5.66. The molecule has 0 aliphatic carbocycles. The summed E-state index contributed by atoms with van der Waals surface area (Å²) in [7, 11) is 0. The van der Waals surface area contributed by atoms with Crippen LogP contribution in [0.5, 0.6) is 5.88 Å². The molecule has 1 aliphatic heterocycles. The van der Waals surface area contributed by atoms with Gasteiger partial charge in [-0.2, -0.15) is 0 Å². The Kier molecular flexibility index (Phi) is 3.74. The minimum Gasteiger partial charge on any atom is -0.475 e. The van der Waals surface area contributed by atoms with Gasteiger partial charge in [-0.3, -0.25) is 0 Å². The molecule has 1 fully saturated rings. The maximum atomic E-state index is 5.72. The van der Waals surface area contributed by atoms with Gasteiger partial charge in [-0.25, -0.2) is 4.98 Å². The van der Waals surface area contributed by atoms with Crippen molar-refractivity contribution >= 4 is 0 Å². The number of nitrogens with one attached hydrogen (secondary N) is 1. The molecule has 1 N–H and O–H groups in total. The Hall–Kier alpha value is -1.13. The van der Waals surface area contributed by atoms with Crippen LogP contribution in [0.3, 0.4) is 0 Å².